The van der Waals surface area contributed by atoms with E-state index in [1.54, 1.807) is 12.1 Å². The molecule has 0 radical (unpaired) electrons. The summed E-state index contributed by atoms with van der Waals surface area (Å²) in [4.78, 5) is 16.2. The number of anilines is 4. The maximum Gasteiger partial charge on any atom is 0.241 e. The van der Waals surface area contributed by atoms with Gasteiger partial charge in [0.2, 0.25) is 27.9 Å². The second kappa shape index (κ2) is 19.1. The Bertz CT molecular complexity index is 1660. The highest BCUT2D eigenvalue weighted by atomic mass is 32.2. The number of hydrogen-bond acceptors (Lipinski definition) is 9. The van der Waals surface area contributed by atoms with E-state index in [-0.39, 0.29) is 0 Å². The van der Waals surface area contributed by atoms with Crippen LogP contribution < -0.4 is 25.6 Å². The molecule has 0 aliphatic carbocycles. The molecule has 4 aromatic rings. The lowest BCUT2D eigenvalue weighted by Gasteiger charge is -2.17. The van der Waals surface area contributed by atoms with Gasteiger partial charge >= 0.3 is 0 Å². The number of benzene rings is 3. The van der Waals surface area contributed by atoms with Gasteiger partial charge in [0.25, 0.3) is 0 Å². The molecule has 3 aromatic carbocycles. The summed E-state index contributed by atoms with van der Waals surface area (Å²) in [5.41, 5.74) is 3.38. The summed E-state index contributed by atoms with van der Waals surface area (Å²) in [6.45, 7) is 6.89. The van der Waals surface area contributed by atoms with Crippen LogP contribution in [0.4, 0.5) is 23.5 Å². The lowest BCUT2D eigenvalue weighted by Crippen LogP contribution is -2.25. The molecule has 0 saturated heterocycles. The van der Waals surface area contributed by atoms with Crippen molar-refractivity contribution in [3.05, 3.63) is 71.8 Å². The lowest BCUT2D eigenvalue weighted by molar-refractivity contribution is 0.573. The van der Waals surface area contributed by atoms with Crippen LogP contribution >= 0.6 is 0 Å². The first-order chi connectivity index (χ1) is 23.3. The molecule has 0 aliphatic heterocycles. The molecule has 1 aromatic heterocycles. The first-order valence-corrected chi connectivity index (χ1v) is 19.0. The molecule has 4 N–H and O–H groups in total. The van der Waals surface area contributed by atoms with Crippen LogP contribution in [0.5, 0.6) is 0 Å². The third-order valence-electron chi connectivity index (χ3n) is 8.33. The van der Waals surface area contributed by atoms with Crippen molar-refractivity contribution in [2.45, 2.75) is 89.5 Å². The number of nitrogens with one attached hydrogen (secondary N) is 4. The molecular formula is C37H54N8O2S. The minimum atomic E-state index is -3.62. The normalized spacial score (nSPS) is 11.5. The van der Waals surface area contributed by atoms with Crippen LogP contribution in [0.2, 0.25) is 0 Å². The van der Waals surface area contributed by atoms with E-state index in [1.165, 1.54) is 37.7 Å². The number of rotatable bonds is 22. The molecule has 10 nitrogen and oxygen atoms in total. The van der Waals surface area contributed by atoms with Crippen molar-refractivity contribution in [2.24, 2.45) is 0 Å². The van der Waals surface area contributed by atoms with E-state index in [1.807, 2.05) is 43.3 Å². The first kappa shape index (κ1) is 36.9. The Kier molecular flexibility index (Phi) is 14.7. The van der Waals surface area contributed by atoms with Crippen molar-refractivity contribution in [2.75, 3.05) is 54.6 Å². The number of aromatic nitrogens is 3. The highest BCUT2D eigenvalue weighted by Gasteiger charge is 2.18. The summed E-state index contributed by atoms with van der Waals surface area (Å²) >= 11 is 0. The molecule has 4 rings (SSSR count). The van der Waals surface area contributed by atoms with Crippen LogP contribution in [-0.4, -0.2) is 57.1 Å². The van der Waals surface area contributed by atoms with E-state index >= 15 is 0 Å². The highest BCUT2D eigenvalue weighted by Crippen LogP contribution is 2.30. The summed E-state index contributed by atoms with van der Waals surface area (Å²) < 4.78 is 29.2. The quantitative estimate of drug-likeness (QED) is 0.0620. The molecule has 0 unspecified atom stereocenters. The van der Waals surface area contributed by atoms with E-state index in [4.69, 9.17) is 0 Å². The molecule has 0 amide bonds. The topological polar surface area (TPSA) is 124 Å². The Balaban J connectivity index is 1.23. The summed E-state index contributed by atoms with van der Waals surface area (Å²) in [6, 6.07) is 19.6. The maximum absolute atomic E-state index is 13.2. The molecule has 0 atom stereocenters. The molecule has 11 heteroatoms. The van der Waals surface area contributed by atoms with E-state index in [9.17, 15) is 8.42 Å². The van der Waals surface area contributed by atoms with Crippen LogP contribution in [-0.2, 0) is 16.6 Å². The summed E-state index contributed by atoms with van der Waals surface area (Å²) in [5.74, 6) is 1.65. The molecule has 260 valence electrons. The molecule has 0 aliphatic rings. The molecule has 0 saturated carbocycles. The summed E-state index contributed by atoms with van der Waals surface area (Å²) in [6.07, 6.45) is 10.9. The van der Waals surface area contributed by atoms with Crippen molar-refractivity contribution in [3.8, 4) is 0 Å². The van der Waals surface area contributed by atoms with Crippen LogP contribution in [0.1, 0.15) is 82.3 Å². The fourth-order valence-electron chi connectivity index (χ4n) is 5.58. The Morgan fingerprint density at radius 3 is 1.79 bits per heavy atom. The lowest BCUT2D eigenvalue weighted by atomic mass is 10.1. The number of unbranched alkanes of at least 4 members (excludes halogenated alkanes) is 8. The second-order valence-electron chi connectivity index (χ2n) is 12.6. The van der Waals surface area contributed by atoms with Crippen LogP contribution in [0.15, 0.2) is 65.6 Å². The number of hydrogen-bond donors (Lipinski definition) is 4. The van der Waals surface area contributed by atoms with E-state index in [0.717, 1.165) is 60.7 Å². The fourth-order valence-corrected chi connectivity index (χ4v) is 6.88. The van der Waals surface area contributed by atoms with Gasteiger partial charge in [0, 0.05) is 56.7 Å². The SMILES string of the molecule is CCCCCCCCNc1nc(NCCCCCCNS(=O)(=O)c2cccc3c(N(C)C)cccc23)nc(NCc2ccc(C)cc2)n1. The highest BCUT2D eigenvalue weighted by molar-refractivity contribution is 7.89. The molecule has 0 spiro atoms. The second-order valence-corrected chi connectivity index (χ2v) is 14.3. The summed E-state index contributed by atoms with van der Waals surface area (Å²) in [5, 5.41) is 11.8. The minimum absolute atomic E-state index is 0.318. The average Bonchev–Trinajstić information content (AvgIpc) is 3.08. The monoisotopic (exact) mass is 674 g/mol. The van der Waals surface area contributed by atoms with Gasteiger partial charge in [0.05, 0.1) is 4.90 Å². The van der Waals surface area contributed by atoms with Gasteiger partial charge in [-0.05, 0) is 43.9 Å². The molecule has 1 heterocycles. The molecule has 0 bridgehead atoms. The average molecular weight is 675 g/mol. The van der Waals surface area contributed by atoms with Crippen LogP contribution in [0.3, 0.4) is 0 Å². The van der Waals surface area contributed by atoms with Crippen molar-refractivity contribution in [3.63, 3.8) is 0 Å². The molecule has 48 heavy (non-hydrogen) atoms. The Labute approximate surface area is 287 Å². The Morgan fingerprint density at radius 1 is 0.625 bits per heavy atom. The number of nitrogens with zero attached hydrogens (tertiary/aromatic N) is 4. The Morgan fingerprint density at radius 2 is 1.17 bits per heavy atom. The first-order valence-electron chi connectivity index (χ1n) is 17.5. The van der Waals surface area contributed by atoms with Crippen LogP contribution in [0, 0.1) is 6.92 Å². The van der Waals surface area contributed by atoms with Gasteiger partial charge in [-0.2, -0.15) is 15.0 Å². The number of fused-ring (bicyclic) bond motifs is 1. The smallest absolute Gasteiger partial charge is 0.241 e. The fraction of sp³-hybridized carbons (Fsp3) is 0.486. The van der Waals surface area contributed by atoms with Crippen molar-refractivity contribution >= 4 is 44.3 Å². The van der Waals surface area contributed by atoms with Gasteiger partial charge < -0.3 is 20.9 Å². The van der Waals surface area contributed by atoms with Gasteiger partial charge in [-0.1, -0.05) is 106 Å². The van der Waals surface area contributed by atoms with Gasteiger partial charge in [-0.25, -0.2) is 13.1 Å². The van der Waals surface area contributed by atoms with Crippen LogP contribution in [0.25, 0.3) is 10.8 Å². The van der Waals surface area contributed by atoms with Crippen molar-refractivity contribution < 1.29 is 8.42 Å². The van der Waals surface area contributed by atoms with Crippen molar-refractivity contribution in [1.82, 2.24) is 19.7 Å². The van der Waals surface area contributed by atoms with Gasteiger partial charge in [0.15, 0.2) is 0 Å². The maximum atomic E-state index is 13.2. The zero-order valence-corrected chi connectivity index (χ0v) is 30.0. The molecule has 0 fully saturated rings. The number of sulfonamides is 1. The zero-order chi connectivity index (χ0) is 34.2. The van der Waals surface area contributed by atoms with Gasteiger partial charge in [-0.15, -0.1) is 0 Å². The molecular weight excluding hydrogens is 621 g/mol. The third kappa shape index (κ3) is 11.6. The predicted octanol–water partition coefficient (Wildman–Crippen LogP) is 7.73. The third-order valence-corrected chi connectivity index (χ3v) is 9.85. The number of aryl methyl sites for hydroxylation is 1. The van der Waals surface area contributed by atoms with E-state index in [0.29, 0.717) is 42.4 Å². The predicted molar refractivity (Wildman–Crippen MR) is 201 cm³/mol. The minimum Gasteiger partial charge on any atom is -0.377 e. The van der Waals surface area contributed by atoms with Crippen molar-refractivity contribution in [1.29, 1.82) is 0 Å². The summed E-state index contributed by atoms with van der Waals surface area (Å²) in [7, 11) is 0.297. The van der Waals surface area contributed by atoms with E-state index in [2.05, 4.69) is 73.7 Å². The Hall–Kier alpha value is -3.96. The van der Waals surface area contributed by atoms with E-state index < -0.39 is 10.0 Å². The largest absolute Gasteiger partial charge is 0.377 e. The van der Waals surface area contributed by atoms with Gasteiger partial charge in [0.1, 0.15) is 0 Å². The standard InChI is InChI=1S/C37H54N8O2S/c1-5-6-7-8-9-12-25-38-35-42-36(44-37(43-35)40-28-30-23-21-29(2)22-24-30)39-26-13-10-11-14-27-41-48(46,47)34-20-16-17-31-32(34)18-15-19-33(31)45(3)4/h15-24,41H,5-14,25-28H2,1-4H3,(H3,38,39,40,42,43,44). The van der Waals surface area contributed by atoms with Gasteiger partial charge in [-0.3, -0.25) is 0 Å². The zero-order valence-electron chi connectivity index (χ0n) is 29.2.